The van der Waals surface area contributed by atoms with Crippen molar-refractivity contribution in [2.75, 3.05) is 6.54 Å². The van der Waals surface area contributed by atoms with Crippen LogP contribution >= 0.6 is 0 Å². The highest BCUT2D eigenvalue weighted by Gasteiger charge is 2.01. The lowest BCUT2D eigenvalue weighted by atomic mass is 10.0. The summed E-state index contributed by atoms with van der Waals surface area (Å²) in [4.78, 5) is 4.38. The highest BCUT2D eigenvalue weighted by Crippen LogP contribution is 2.18. The molecule has 0 spiro atoms. The second kappa shape index (κ2) is 11.4. The van der Waals surface area contributed by atoms with Crippen LogP contribution in [0.5, 0.6) is 5.75 Å². The molecule has 2 nitrogen and oxygen atoms in total. The lowest BCUT2D eigenvalue weighted by molar-refractivity contribution is 0.474. The smallest absolute Gasteiger partial charge is 0.124 e. The first-order valence-corrected chi connectivity index (χ1v) is 8.59. The summed E-state index contributed by atoms with van der Waals surface area (Å²) in [5, 5.41) is 9.87. The fourth-order valence-corrected chi connectivity index (χ4v) is 2.38. The normalized spacial score (nSPS) is 11.3. The minimum absolute atomic E-state index is 0.335. The van der Waals surface area contributed by atoms with Crippen LogP contribution in [0.2, 0.25) is 0 Å². The third-order valence-electron chi connectivity index (χ3n) is 3.78. The number of benzene rings is 1. The number of phenols is 1. The van der Waals surface area contributed by atoms with Gasteiger partial charge in [0, 0.05) is 18.3 Å². The van der Waals surface area contributed by atoms with E-state index in [-0.39, 0.29) is 0 Å². The van der Waals surface area contributed by atoms with Gasteiger partial charge in [-0.3, -0.25) is 4.99 Å². The van der Waals surface area contributed by atoms with Gasteiger partial charge in [0.25, 0.3) is 0 Å². The molecular weight excluding hydrogens is 258 g/mol. The molecule has 21 heavy (non-hydrogen) atoms. The van der Waals surface area contributed by atoms with Gasteiger partial charge in [0.2, 0.25) is 0 Å². The second-order valence-electron chi connectivity index (χ2n) is 5.80. The van der Waals surface area contributed by atoms with E-state index in [2.05, 4.69) is 24.9 Å². The molecule has 1 aromatic carbocycles. The summed E-state index contributed by atoms with van der Waals surface area (Å²) >= 11 is 0. The Kier molecular flexibility index (Phi) is 9.60. The van der Waals surface area contributed by atoms with Gasteiger partial charge in [0.05, 0.1) is 0 Å². The Bertz CT molecular complexity index is 412. The molecule has 0 aliphatic carbocycles. The lowest BCUT2D eigenvalue weighted by Gasteiger charge is -2.05. The highest BCUT2D eigenvalue weighted by molar-refractivity contribution is 5.83. The SMILES string of the molecule is CCCCCCCCc1ccc(O)c(C=NCCCC)c1. The van der Waals surface area contributed by atoms with Gasteiger partial charge in [-0.15, -0.1) is 0 Å². The molecule has 0 saturated carbocycles. The number of nitrogens with zero attached hydrogens (tertiary/aromatic N) is 1. The Balaban J connectivity index is 2.39. The Morgan fingerprint density at radius 3 is 2.43 bits per heavy atom. The van der Waals surface area contributed by atoms with E-state index in [1.165, 1.54) is 44.1 Å². The largest absolute Gasteiger partial charge is 0.507 e. The average molecular weight is 289 g/mol. The lowest BCUT2D eigenvalue weighted by Crippen LogP contribution is -1.91. The molecule has 1 aromatic rings. The van der Waals surface area contributed by atoms with E-state index in [1.54, 1.807) is 6.07 Å². The summed E-state index contributed by atoms with van der Waals surface area (Å²) in [7, 11) is 0. The minimum Gasteiger partial charge on any atom is -0.507 e. The maximum Gasteiger partial charge on any atom is 0.124 e. The van der Waals surface area contributed by atoms with Crippen LogP contribution in [0.4, 0.5) is 0 Å². The zero-order chi connectivity index (χ0) is 15.3. The molecule has 1 N–H and O–H groups in total. The number of hydrogen-bond donors (Lipinski definition) is 1. The molecule has 0 fully saturated rings. The average Bonchev–Trinajstić information content (AvgIpc) is 2.50. The van der Waals surface area contributed by atoms with Crippen molar-refractivity contribution in [1.29, 1.82) is 0 Å². The summed E-state index contributed by atoms with van der Waals surface area (Å²) in [6, 6.07) is 5.91. The van der Waals surface area contributed by atoms with Gasteiger partial charge in [-0.2, -0.15) is 0 Å². The van der Waals surface area contributed by atoms with Crippen LogP contribution in [-0.4, -0.2) is 17.9 Å². The summed E-state index contributed by atoms with van der Waals surface area (Å²) in [5.41, 5.74) is 2.16. The molecule has 118 valence electrons. The van der Waals surface area contributed by atoms with Crippen molar-refractivity contribution >= 4 is 6.21 Å². The standard InChI is InChI=1S/C19H31NO/c1-3-5-7-8-9-10-11-17-12-13-19(21)18(15-17)16-20-14-6-4-2/h12-13,15-16,21H,3-11,14H2,1-2H3. The van der Waals surface area contributed by atoms with Crippen LogP contribution in [0.15, 0.2) is 23.2 Å². The van der Waals surface area contributed by atoms with Crippen molar-refractivity contribution < 1.29 is 5.11 Å². The predicted molar refractivity (Wildman–Crippen MR) is 92.6 cm³/mol. The number of hydrogen-bond acceptors (Lipinski definition) is 2. The Morgan fingerprint density at radius 1 is 0.952 bits per heavy atom. The van der Waals surface area contributed by atoms with Crippen molar-refractivity contribution in [3.8, 4) is 5.75 Å². The minimum atomic E-state index is 0.335. The zero-order valence-corrected chi connectivity index (χ0v) is 13.8. The Morgan fingerprint density at radius 2 is 1.67 bits per heavy atom. The monoisotopic (exact) mass is 289 g/mol. The van der Waals surface area contributed by atoms with Gasteiger partial charge >= 0.3 is 0 Å². The van der Waals surface area contributed by atoms with E-state index < -0.39 is 0 Å². The van der Waals surface area contributed by atoms with E-state index in [9.17, 15) is 5.11 Å². The van der Waals surface area contributed by atoms with Crippen molar-refractivity contribution in [2.45, 2.75) is 71.6 Å². The topological polar surface area (TPSA) is 32.6 Å². The van der Waals surface area contributed by atoms with Crippen molar-refractivity contribution in [3.05, 3.63) is 29.3 Å². The third kappa shape index (κ3) is 7.89. The highest BCUT2D eigenvalue weighted by atomic mass is 16.3. The van der Waals surface area contributed by atoms with Crippen LogP contribution in [0.3, 0.4) is 0 Å². The van der Waals surface area contributed by atoms with Gasteiger partial charge < -0.3 is 5.11 Å². The molecule has 1 rings (SSSR count). The molecule has 0 amide bonds. The maximum atomic E-state index is 9.87. The third-order valence-corrected chi connectivity index (χ3v) is 3.78. The second-order valence-corrected chi connectivity index (χ2v) is 5.80. The molecule has 0 bridgehead atoms. The summed E-state index contributed by atoms with van der Waals surface area (Å²) in [6.45, 7) is 5.26. The zero-order valence-electron chi connectivity index (χ0n) is 13.8. The molecule has 0 unspecified atom stereocenters. The summed E-state index contributed by atoms with van der Waals surface area (Å²) in [5.74, 6) is 0.335. The molecule has 2 heteroatoms. The van der Waals surface area contributed by atoms with Gasteiger partial charge in [-0.1, -0.05) is 58.4 Å². The molecule has 0 aliphatic heterocycles. The van der Waals surface area contributed by atoms with Crippen molar-refractivity contribution in [3.63, 3.8) is 0 Å². The van der Waals surface area contributed by atoms with Crippen molar-refractivity contribution in [2.24, 2.45) is 4.99 Å². The van der Waals surface area contributed by atoms with Gasteiger partial charge in [-0.05, 0) is 37.0 Å². The van der Waals surface area contributed by atoms with Crippen LogP contribution in [0.1, 0.15) is 76.3 Å². The predicted octanol–water partition coefficient (Wildman–Crippen LogP) is 5.51. The number of aromatic hydroxyl groups is 1. The molecule has 0 radical (unpaired) electrons. The van der Waals surface area contributed by atoms with E-state index in [0.717, 1.165) is 31.4 Å². The number of aryl methyl sites for hydroxylation is 1. The number of unbranched alkanes of at least 4 members (excludes halogenated alkanes) is 6. The fraction of sp³-hybridized carbons (Fsp3) is 0.632. The summed E-state index contributed by atoms with van der Waals surface area (Å²) < 4.78 is 0. The van der Waals surface area contributed by atoms with Crippen LogP contribution < -0.4 is 0 Å². The molecule has 0 heterocycles. The fourth-order valence-electron chi connectivity index (χ4n) is 2.38. The molecule has 0 saturated heterocycles. The quantitative estimate of drug-likeness (QED) is 0.422. The van der Waals surface area contributed by atoms with E-state index >= 15 is 0 Å². The van der Waals surface area contributed by atoms with Crippen LogP contribution in [0.25, 0.3) is 0 Å². The first kappa shape index (κ1) is 17.7. The molecule has 0 aliphatic rings. The first-order chi connectivity index (χ1) is 10.3. The van der Waals surface area contributed by atoms with Crippen LogP contribution in [0, 0.1) is 0 Å². The van der Waals surface area contributed by atoms with E-state index in [4.69, 9.17) is 0 Å². The van der Waals surface area contributed by atoms with Crippen molar-refractivity contribution in [1.82, 2.24) is 0 Å². The van der Waals surface area contributed by atoms with Gasteiger partial charge in [0.1, 0.15) is 5.75 Å². The molecule has 0 aromatic heterocycles. The molecular formula is C19H31NO. The Labute approximate surface area is 130 Å². The number of phenolic OH excluding ortho intramolecular Hbond substituents is 1. The first-order valence-electron chi connectivity index (χ1n) is 8.59. The molecule has 0 atom stereocenters. The number of rotatable bonds is 11. The van der Waals surface area contributed by atoms with E-state index in [1.807, 2.05) is 12.3 Å². The van der Waals surface area contributed by atoms with Crippen LogP contribution in [-0.2, 0) is 6.42 Å². The van der Waals surface area contributed by atoms with E-state index in [0.29, 0.717) is 5.75 Å². The summed E-state index contributed by atoms with van der Waals surface area (Å²) in [6.07, 6.45) is 13.1. The Hall–Kier alpha value is -1.31. The van der Waals surface area contributed by atoms with Gasteiger partial charge in [-0.25, -0.2) is 0 Å². The number of aliphatic imine (C=N–C) groups is 1. The maximum absolute atomic E-state index is 9.87. The van der Waals surface area contributed by atoms with Gasteiger partial charge in [0.15, 0.2) is 0 Å².